The Morgan fingerprint density at radius 3 is 2.50 bits per heavy atom. The first kappa shape index (κ1) is 25.4. The summed E-state index contributed by atoms with van der Waals surface area (Å²) in [6.45, 7) is 3.62. The van der Waals surface area contributed by atoms with Crippen LogP contribution in [0.3, 0.4) is 0 Å². The molecule has 3 aromatic carbocycles. The van der Waals surface area contributed by atoms with Gasteiger partial charge in [0.15, 0.2) is 0 Å². The van der Waals surface area contributed by atoms with E-state index in [0.717, 1.165) is 14.3 Å². The fourth-order valence-corrected chi connectivity index (χ4v) is 4.64. The molecular weight excluding hydrogens is 518 g/mol. The summed E-state index contributed by atoms with van der Waals surface area (Å²) in [6.07, 6.45) is 3.11. The van der Waals surface area contributed by atoms with E-state index in [-0.39, 0.29) is 11.4 Å². The fraction of sp³-hybridized carbons (Fsp3) is 0.120. The normalized spacial score (nSPS) is 11.5. The van der Waals surface area contributed by atoms with Crippen molar-refractivity contribution in [1.82, 2.24) is 9.73 Å². The first-order chi connectivity index (χ1) is 16.4. The lowest BCUT2D eigenvalue weighted by molar-refractivity contribution is -0.121. The average molecular weight is 542 g/mol. The van der Waals surface area contributed by atoms with Gasteiger partial charge < -0.3 is 4.74 Å². The number of nitrogens with zero attached hydrogens (tertiary/aromatic N) is 2. The third-order valence-corrected chi connectivity index (χ3v) is 6.94. The Hall–Kier alpha value is -3.27. The molecule has 0 fully saturated rings. The molecule has 0 aliphatic heterocycles. The van der Waals surface area contributed by atoms with Gasteiger partial charge in [0.2, 0.25) is 10.0 Å². The van der Waals surface area contributed by atoms with Crippen molar-refractivity contribution in [1.29, 1.82) is 0 Å². The molecule has 3 aromatic rings. The Balaban J connectivity index is 1.72. The molecule has 1 amide bonds. The Labute approximate surface area is 207 Å². The van der Waals surface area contributed by atoms with E-state index in [1.165, 1.54) is 18.3 Å². The Morgan fingerprint density at radius 2 is 1.79 bits per heavy atom. The van der Waals surface area contributed by atoms with Crippen molar-refractivity contribution in [2.24, 2.45) is 5.10 Å². The van der Waals surface area contributed by atoms with Crippen molar-refractivity contribution in [3.05, 3.63) is 107 Å². The molecular formula is C25H24BrN3O4S. The number of carbonyl (C=O) groups excluding carboxylic acids is 1. The minimum absolute atomic E-state index is 0.0321. The lowest BCUT2D eigenvalue weighted by Gasteiger charge is -2.21. The molecule has 0 aliphatic rings. The van der Waals surface area contributed by atoms with Crippen LogP contribution in [0, 0.1) is 0 Å². The molecule has 0 saturated heterocycles. The highest BCUT2D eigenvalue weighted by atomic mass is 79.9. The number of hydrogen-bond donors (Lipinski definition) is 1. The van der Waals surface area contributed by atoms with Gasteiger partial charge in [-0.3, -0.25) is 4.79 Å². The zero-order chi connectivity index (χ0) is 24.4. The van der Waals surface area contributed by atoms with E-state index < -0.39 is 22.5 Å². The van der Waals surface area contributed by atoms with Crippen LogP contribution in [0.1, 0.15) is 11.1 Å². The van der Waals surface area contributed by atoms with Crippen LogP contribution >= 0.6 is 15.9 Å². The van der Waals surface area contributed by atoms with Crippen molar-refractivity contribution in [2.45, 2.75) is 11.4 Å². The summed E-state index contributed by atoms with van der Waals surface area (Å²) in [6, 6.07) is 22.4. The molecule has 9 heteroatoms. The molecule has 0 aromatic heterocycles. The number of hydrazone groups is 1. The van der Waals surface area contributed by atoms with Gasteiger partial charge in [-0.25, -0.2) is 13.8 Å². The lowest BCUT2D eigenvalue weighted by Crippen LogP contribution is -2.39. The van der Waals surface area contributed by atoms with E-state index in [1.807, 2.05) is 12.1 Å². The van der Waals surface area contributed by atoms with Gasteiger partial charge >= 0.3 is 0 Å². The van der Waals surface area contributed by atoms with Crippen LogP contribution in [0.5, 0.6) is 5.75 Å². The van der Waals surface area contributed by atoms with Crippen LogP contribution in [0.25, 0.3) is 0 Å². The Bertz CT molecular complexity index is 1250. The number of ether oxygens (including phenoxy) is 1. The number of rotatable bonds is 11. The van der Waals surface area contributed by atoms with Crippen LogP contribution < -0.4 is 10.2 Å². The predicted octanol–water partition coefficient (Wildman–Crippen LogP) is 4.36. The average Bonchev–Trinajstić information content (AvgIpc) is 2.84. The third-order valence-electron chi connectivity index (χ3n) is 4.60. The maximum Gasteiger partial charge on any atom is 0.255 e. The maximum absolute atomic E-state index is 13.2. The van der Waals surface area contributed by atoms with Crippen molar-refractivity contribution in [2.75, 3.05) is 13.2 Å². The van der Waals surface area contributed by atoms with E-state index in [9.17, 15) is 13.2 Å². The van der Waals surface area contributed by atoms with Gasteiger partial charge in [-0.05, 0) is 47.5 Å². The number of benzene rings is 3. The number of amides is 1. The molecule has 7 nitrogen and oxygen atoms in total. The van der Waals surface area contributed by atoms with E-state index in [0.29, 0.717) is 17.9 Å². The molecule has 0 aliphatic carbocycles. The highest BCUT2D eigenvalue weighted by Gasteiger charge is 2.26. The molecule has 0 radical (unpaired) electrons. The number of sulfonamides is 1. The summed E-state index contributed by atoms with van der Waals surface area (Å²) in [5, 5.41) is 3.96. The van der Waals surface area contributed by atoms with Gasteiger partial charge in [0.25, 0.3) is 5.91 Å². The van der Waals surface area contributed by atoms with Crippen LogP contribution in [-0.2, 0) is 21.4 Å². The molecule has 0 unspecified atom stereocenters. The van der Waals surface area contributed by atoms with Gasteiger partial charge in [-0.1, -0.05) is 71.0 Å². The van der Waals surface area contributed by atoms with Crippen molar-refractivity contribution in [3.8, 4) is 5.75 Å². The lowest BCUT2D eigenvalue weighted by atomic mass is 10.2. The number of halogens is 1. The zero-order valence-corrected chi connectivity index (χ0v) is 20.7. The molecule has 0 saturated carbocycles. The highest BCUT2D eigenvalue weighted by Crippen LogP contribution is 2.19. The molecule has 0 spiro atoms. The van der Waals surface area contributed by atoms with Gasteiger partial charge in [0.05, 0.1) is 17.7 Å². The maximum atomic E-state index is 13.2. The van der Waals surface area contributed by atoms with Crippen LogP contribution in [0.2, 0.25) is 0 Å². The Morgan fingerprint density at radius 1 is 1.06 bits per heavy atom. The Kier molecular flexibility index (Phi) is 9.15. The summed E-state index contributed by atoms with van der Waals surface area (Å²) in [5.41, 5.74) is 3.86. The van der Waals surface area contributed by atoms with E-state index >= 15 is 0 Å². The van der Waals surface area contributed by atoms with Gasteiger partial charge in [-0.15, -0.1) is 0 Å². The van der Waals surface area contributed by atoms with Crippen molar-refractivity contribution >= 4 is 38.1 Å². The fourth-order valence-electron chi connectivity index (χ4n) is 2.97. The molecule has 1 N–H and O–H groups in total. The van der Waals surface area contributed by atoms with Gasteiger partial charge in [0.1, 0.15) is 12.4 Å². The molecule has 0 heterocycles. The SMILES string of the molecule is C=CCOc1cccc(/C=N\NC(=O)CN(Cc2ccc(Br)cc2)S(=O)(=O)c2ccccc2)c1. The van der Waals surface area contributed by atoms with Crippen LogP contribution in [-0.4, -0.2) is 38.0 Å². The molecule has 3 rings (SSSR count). The van der Waals surface area contributed by atoms with E-state index in [4.69, 9.17) is 4.74 Å². The van der Waals surface area contributed by atoms with Crippen molar-refractivity contribution in [3.63, 3.8) is 0 Å². The summed E-state index contributed by atoms with van der Waals surface area (Å²) in [5.74, 6) is 0.0803. The van der Waals surface area contributed by atoms with Gasteiger partial charge in [-0.2, -0.15) is 9.41 Å². The van der Waals surface area contributed by atoms with Crippen molar-refractivity contribution < 1.29 is 17.9 Å². The second-order valence-corrected chi connectivity index (χ2v) is 10.0. The molecule has 0 atom stereocenters. The molecule has 34 heavy (non-hydrogen) atoms. The zero-order valence-electron chi connectivity index (χ0n) is 18.3. The monoisotopic (exact) mass is 541 g/mol. The smallest absolute Gasteiger partial charge is 0.255 e. The third kappa shape index (κ3) is 7.38. The summed E-state index contributed by atoms with van der Waals surface area (Å²) >= 11 is 3.37. The first-order valence-corrected chi connectivity index (χ1v) is 12.6. The molecule has 0 bridgehead atoms. The van der Waals surface area contributed by atoms with Gasteiger partial charge in [0, 0.05) is 11.0 Å². The summed E-state index contributed by atoms with van der Waals surface area (Å²) in [4.78, 5) is 12.7. The minimum Gasteiger partial charge on any atom is -0.490 e. The quantitative estimate of drug-likeness (QED) is 0.222. The largest absolute Gasteiger partial charge is 0.490 e. The number of carbonyl (C=O) groups is 1. The minimum atomic E-state index is -3.91. The molecule has 176 valence electrons. The summed E-state index contributed by atoms with van der Waals surface area (Å²) in [7, 11) is -3.91. The first-order valence-electron chi connectivity index (χ1n) is 10.3. The summed E-state index contributed by atoms with van der Waals surface area (Å²) < 4.78 is 33.9. The van der Waals surface area contributed by atoms with Crippen LogP contribution in [0.15, 0.2) is 106 Å². The van der Waals surface area contributed by atoms with E-state index in [1.54, 1.807) is 60.7 Å². The standard InChI is InChI=1S/C25H24BrN3O4S/c1-2-15-33-23-8-6-7-21(16-23)17-27-28-25(30)19-29(18-20-11-13-22(26)14-12-20)34(31,32)24-9-4-3-5-10-24/h2-14,16-17H,1,15,18-19H2,(H,28,30)/b27-17-. The highest BCUT2D eigenvalue weighted by molar-refractivity contribution is 9.10. The van der Waals surface area contributed by atoms with Crippen LogP contribution in [0.4, 0.5) is 0 Å². The number of hydrogen-bond acceptors (Lipinski definition) is 5. The topological polar surface area (TPSA) is 88.1 Å². The van der Waals surface area contributed by atoms with E-state index in [2.05, 4.69) is 33.0 Å². The number of nitrogens with one attached hydrogen (secondary N) is 1. The second-order valence-electron chi connectivity index (χ2n) is 7.18. The second kappa shape index (κ2) is 12.3. The predicted molar refractivity (Wildman–Crippen MR) is 136 cm³/mol.